The van der Waals surface area contributed by atoms with Gasteiger partial charge in [-0.1, -0.05) is 23.7 Å². The second-order valence-corrected chi connectivity index (χ2v) is 6.18. The third-order valence-electron chi connectivity index (χ3n) is 2.60. The van der Waals surface area contributed by atoms with Gasteiger partial charge in [-0.2, -0.15) is 13.5 Å². The van der Waals surface area contributed by atoms with Gasteiger partial charge in [0, 0.05) is 5.02 Å². The van der Waals surface area contributed by atoms with Crippen molar-refractivity contribution in [3.63, 3.8) is 0 Å². The Kier molecular flexibility index (Phi) is 4.82. The van der Waals surface area contributed by atoms with Gasteiger partial charge in [0.05, 0.1) is 18.2 Å². The SMILES string of the molecule is COc1cccc(C=NNS(=O)(=O)c2ccc(Cl)cc2)c1. The van der Waals surface area contributed by atoms with E-state index in [1.807, 2.05) is 0 Å². The fourth-order valence-corrected chi connectivity index (χ4v) is 2.48. The van der Waals surface area contributed by atoms with Gasteiger partial charge in [0.25, 0.3) is 10.0 Å². The van der Waals surface area contributed by atoms with E-state index in [1.165, 1.54) is 30.5 Å². The molecule has 0 aliphatic carbocycles. The summed E-state index contributed by atoms with van der Waals surface area (Å²) in [5.41, 5.74) is 0.716. The molecule has 21 heavy (non-hydrogen) atoms. The van der Waals surface area contributed by atoms with E-state index in [1.54, 1.807) is 31.4 Å². The summed E-state index contributed by atoms with van der Waals surface area (Å²) in [7, 11) is -2.15. The lowest BCUT2D eigenvalue weighted by atomic mass is 10.2. The zero-order chi connectivity index (χ0) is 15.3. The van der Waals surface area contributed by atoms with E-state index in [9.17, 15) is 8.42 Å². The Balaban J connectivity index is 2.10. The Bertz CT molecular complexity index is 743. The molecule has 0 unspecified atom stereocenters. The van der Waals surface area contributed by atoms with Crippen LogP contribution in [0.5, 0.6) is 5.75 Å². The molecule has 0 spiro atoms. The zero-order valence-corrected chi connectivity index (χ0v) is 12.7. The molecule has 110 valence electrons. The molecule has 0 heterocycles. The van der Waals surface area contributed by atoms with Gasteiger partial charge in [0.15, 0.2) is 0 Å². The number of hydrazone groups is 1. The number of halogens is 1. The Morgan fingerprint density at radius 3 is 2.57 bits per heavy atom. The van der Waals surface area contributed by atoms with Crippen LogP contribution in [0.1, 0.15) is 5.56 Å². The second-order valence-electron chi connectivity index (χ2n) is 4.08. The Morgan fingerprint density at radius 2 is 1.90 bits per heavy atom. The van der Waals surface area contributed by atoms with Crippen molar-refractivity contribution in [3.8, 4) is 5.75 Å². The van der Waals surface area contributed by atoms with Crippen LogP contribution in [0.2, 0.25) is 5.02 Å². The summed E-state index contributed by atoms with van der Waals surface area (Å²) >= 11 is 5.72. The Morgan fingerprint density at radius 1 is 1.19 bits per heavy atom. The molecule has 0 aliphatic heterocycles. The van der Waals surface area contributed by atoms with E-state index >= 15 is 0 Å². The summed E-state index contributed by atoms with van der Waals surface area (Å²) < 4.78 is 29.0. The summed E-state index contributed by atoms with van der Waals surface area (Å²) in [4.78, 5) is 2.23. The van der Waals surface area contributed by atoms with Crippen LogP contribution in [0, 0.1) is 0 Å². The first-order chi connectivity index (χ1) is 10.0. The van der Waals surface area contributed by atoms with Crippen LogP contribution in [0.4, 0.5) is 0 Å². The van der Waals surface area contributed by atoms with Gasteiger partial charge in [-0.05, 0) is 42.0 Å². The van der Waals surface area contributed by atoms with Gasteiger partial charge >= 0.3 is 0 Å². The molecule has 0 saturated heterocycles. The van der Waals surface area contributed by atoms with Crippen molar-refractivity contribution in [2.45, 2.75) is 4.90 Å². The van der Waals surface area contributed by atoms with E-state index in [4.69, 9.17) is 16.3 Å². The minimum Gasteiger partial charge on any atom is -0.497 e. The Labute approximate surface area is 128 Å². The van der Waals surface area contributed by atoms with Crippen LogP contribution >= 0.6 is 11.6 Å². The quantitative estimate of drug-likeness (QED) is 0.679. The van der Waals surface area contributed by atoms with Gasteiger partial charge in [-0.25, -0.2) is 4.83 Å². The first kappa shape index (κ1) is 15.3. The molecule has 2 rings (SSSR count). The monoisotopic (exact) mass is 324 g/mol. The van der Waals surface area contributed by atoms with Crippen molar-refractivity contribution in [1.82, 2.24) is 4.83 Å². The first-order valence-electron chi connectivity index (χ1n) is 5.96. The summed E-state index contributed by atoms with van der Waals surface area (Å²) in [6.07, 6.45) is 1.40. The van der Waals surface area contributed by atoms with Crippen molar-refractivity contribution in [3.05, 3.63) is 59.1 Å². The first-order valence-corrected chi connectivity index (χ1v) is 7.82. The minimum atomic E-state index is -3.70. The lowest BCUT2D eigenvalue weighted by Crippen LogP contribution is -2.18. The molecule has 0 amide bonds. The van der Waals surface area contributed by atoms with Crippen LogP contribution in [0.15, 0.2) is 58.5 Å². The average molecular weight is 325 g/mol. The summed E-state index contributed by atoms with van der Waals surface area (Å²) in [6, 6.07) is 12.9. The van der Waals surface area contributed by atoms with Gasteiger partial charge < -0.3 is 4.74 Å². The molecular formula is C14H13ClN2O3S. The van der Waals surface area contributed by atoms with Crippen molar-refractivity contribution < 1.29 is 13.2 Å². The minimum absolute atomic E-state index is 0.0923. The van der Waals surface area contributed by atoms with Gasteiger partial charge in [0.2, 0.25) is 0 Å². The van der Waals surface area contributed by atoms with E-state index in [-0.39, 0.29) is 4.90 Å². The number of ether oxygens (including phenoxy) is 1. The zero-order valence-electron chi connectivity index (χ0n) is 11.2. The highest BCUT2D eigenvalue weighted by Crippen LogP contribution is 2.14. The van der Waals surface area contributed by atoms with Crippen molar-refractivity contribution in [1.29, 1.82) is 0 Å². The smallest absolute Gasteiger partial charge is 0.276 e. The maximum absolute atomic E-state index is 12.0. The van der Waals surface area contributed by atoms with Gasteiger partial charge in [-0.3, -0.25) is 0 Å². The number of benzene rings is 2. The third kappa shape index (κ3) is 4.21. The number of rotatable bonds is 5. The molecule has 0 aromatic heterocycles. The van der Waals surface area contributed by atoms with Crippen molar-refractivity contribution >= 4 is 27.8 Å². The highest BCUT2D eigenvalue weighted by molar-refractivity contribution is 7.89. The molecule has 0 atom stereocenters. The molecule has 0 radical (unpaired) electrons. The number of nitrogens with one attached hydrogen (secondary N) is 1. The predicted octanol–water partition coefficient (Wildman–Crippen LogP) is 2.66. The number of methoxy groups -OCH3 is 1. The molecule has 0 aliphatic rings. The molecular weight excluding hydrogens is 312 g/mol. The molecule has 0 fully saturated rings. The maximum Gasteiger partial charge on any atom is 0.276 e. The largest absolute Gasteiger partial charge is 0.497 e. The van der Waals surface area contributed by atoms with Crippen LogP contribution in [-0.2, 0) is 10.0 Å². The molecule has 2 aromatic rings. The Hall–Kier alpha value is -2.05. The molecule has 1 N–H and O–H groups in total. The standard InChI is InChI=1S/C14H13ClN2O3S/c1-20-13-4-2-3-11(9-13)10-16-17-21(18,19)14-7-5-12(15)6-8-14/h2-10,17H,1H3. The van der Waals surface area contributed by atoms with Crippen molar-refractivity contribution in [2.24, 2.45) is 5.10 Å². The lowest BCUT2D eigenvalue weighted by molar-refractivity contribution is 0.415. The van der Waals surface area contributed by atoms with E-state index in [0.29, 0.717) is 16.3 Å². The third-order valence-corrected chi connectivity index (χ3v) is 4.09. The molecule has 2 aromatic carbocycles. The summed E-state index contributed by atoms with van der Waals surface area (Å²) in [6.45, 7) is 0. The number of sulfonamides is 1. The number of hydrogen-bond donors (Lipinski definition) is 1. The fraction of sp³-hybridized carbons (Fsp3) is 0.0714. The van der Waals surface area contributed by atoms with Crippen LogP contribution in [-0.4, -0.2) is 21.7 Å². The predicted molar refractivity (Wildman–Crippen MR) is 82.4 cm³/mol. The van der Waals surface area contributed by atoms with E-state index in [2.05, 4.69) is 9.93 Å². The fourth-order valence-electron chi connectivity index (χ4n) is 1.56. The summed E-state index contributed by atoms with van der Waals surface area (Å²) in [5, 5.41) is 4.20. The van der Waals surface area contributed by atoms with Crippen LogP contribution in [0.3, 0.4) is 0 Å². The van der Waals surface area contributed by atoms with E-state index < -0.39 is 10.0 Å². The maximum atomic E-state index is 12.0. The highest BCUT2D eigenvalue weighted by Gasteiger charge is 2.11. The average Bonchev–Trinajstić information content (AvgIpc) is 2.48. The highest BCUT2D eigenvalue weighted by atomic mass is 35.5. The van der Waals surface area contributed by atoms with Crippen molar-refractivity contribution in [2.75, 3.05) is 7.11 Å². The van der Waals surface area contributed by atoms with E-state index in [0.717, 1.165) is 0 Å². The topological polar surface area (TPSA) is 67.8 Å². The molecule has 5 nitrogen and oxygen atoms in total. The molecule has 0 bridgehead atoms. The lowest BCUT2D eigenvalue weighted by Gasteiger charge is -2.03. The van der Waals surface area contributed by atoms with Crippen LogP contribution in [0.25, 0.3) is 0 Å². The van der Waals surface area contributed by atoms with Gasteiger partial charge in [0.1, 0.15) is 5.75 Å². The second kappa shape index (κ2) is 6.60. The van der Waals surface area contributed by atoms with Crippen LogP contribution < -0.4 is 9.57 Å². The molecule has 0 saturated carbocycles. The molecule has 7 heteroatoms. The number of hydrogen-bond acceptors (Lipinski definition) is 4. The normalized spacial score (nSPS) is 11.5. The summed E-state index contributed by atoms with van der Waals surface area (Å²) in [5.74, 6) is 0.666. The number of nitrogens with zero attached hydrogens (tertiary/aromatic N) is 1. The van der Waals surface area contributed by atoms with Gasteiger partial charge in [-0.15, -0.1) is 0 Å².